The number of carbonyl (C=O) groups is 2. The number of halogens is 2. The van der Waals surface area contributed by atoms with Gasteiger partial charge in [-0.05, 0) is 18.2 Å². The van der Waals surface area contributed by atoms with Crippen molar-refractivity contribution in [3.05, 3.63) is 45.7 Å². The summed E-state index contributed by atoms with van der Waals surface area (Å²) in [6, 6.07) is 5.00. The van der Waals surface area contributed by atoms with Crippen LogP contribution in [0.1, 0.15) is 5.56 Å². The highest BCUT2D eigenvalue weighted by Crippen LogP contribution is 2.41. The summed E-state index contributed by atoms with van der Waals surface area (Å²) >= 11 is 12.4. The van der Waals surface area contributed by atoms with Crippen LogP contribution in [0, 0.1) is 0 Å². The largest absolute Gasteiger partial charge is 0.489 e. The molecule has 2 aliphatic heterocycles. The average Bonchev–Trinajstić information content (AvgIpc) is 2.91. The Labute approximate surface area is 147 Å². The molecule has 1 atom stereocenters. The molecule has 8 heteroatoms. The van der Waals surface area contributed by atoms with Gasteiger partial charge in [0.25, 0.3) is 0 Å². The van der Waals surface area contributed by atoms with Gasteiger partial charge in [-0.3, -0.25) is 0 Å². The van der Waals surface area contributed by atoms with Crippen molar-refractivity contribution in [3.63, 3.8) is 0 Å². The Bertz CT molecular complexity index is 796. The van der Waals surface area contributed by atoms with Gasteiger partial charge >= 0.3 is 11.9 Å². The Hall–Kier alpha value is -2.18. The summed E-state index contributed by atoms with van der Waals surface area (Å²) in [5.74, 6) is -1.16. The second-order valence-electron chi connectivity index (χ2n) is 4.99. The van der Waals surface area contributed by atoms with Gasteiger partial charge < -0.3 is 18.9 Å². The maximum Gasteiger partial charge on any atom is 0.375 e. The van der Waals surface area contributed by atoms with Gasteiger partial charge in [-0.1, -0.05) is 23.2 Å². The van der Waals surface area contributed by atoms with Crippen LogP contribution in [0.15, 0.2) is 35.1 Å². The number of methoxy groups -OCH3 is 2. The van der Waals surface area contributed by atoms with Gasteiger partial charge in [0.05, 0.1) is 19.3 Å². The van der Waals surface area contributed by atoms with Crippen molar-refractivity contribution in [1.82, 2.24) is 0 Å². The predicted octanol–water partition coefficient (Wildman–Crippen LogP) is 2.68. The molecule has 0 bridgehead atoms. The summed E-state index contributed by atoms with van der Waals surface area (Å²) in [7, 11) is 2.47. The molecule has 1 aromatic rings. The average molecular weight is 371 g/mol. The van der Waals surface area contributed by atoms with Gasteiger partial charge in [-0.15, -0.1) is 0 Å². The molecule has 0 spiro atoms. The highest BCUT2D eigenvalue weighted by Gasteiger charge is 2.44. The molecule has 1 unspecified atom stereocenters. The Kier molecular flexibility index (Phi) is 4.43. The summed E-state index contributed by atoms with van der Waals surface area (Å²) in [6.07, 6.45) is -1.04. The van der Waals surface area contributed by atoms with Crippen molar-refractivity contribution < 1.29 is 28.5 Å². The third kappa shape index (κ3) is 2.61. The third-order valence-electron chi connectivity index (χ3n) is 3.69. The minimum atomic E-state index is -1.04. The van der Waals surface area contributed by atoms with Gasteiger partial charge in [0.2, 0.25) is 5.76 Å². The zero-order chi connectivity index (χ0) is 17.4. The fourth-order valence-electron chi connectivity index (χ4n) is 2.58. The monoisotopic (exact) mass is 370 g/mol. The quantitative estimate of drug-likeness (QED) is 0.761. The summed E-state index contributed by atoms with van der Waals surface area (Å²) in [4.78, 5) is 24.0. The SMILES string of the molecule is COC(=O)C1=C(OC)C(=O)OC1C1=C(Cl)c2cc(Cl)ccc2OC1. The standard InChI is InChI=1S/C16H12Cl2O6/c1-21-14-11(15(19)22-2)13(24-16(14)20)9-6-23-10-4-3-7(17)5-8(10)12(9)18/h3-5,13H,6H2,1-2H3. The Balaban J connectivity index is 2.11. The van der Waals surface area contributed by atoms with Gasteiger partial charge in [-0.2, -0.15) is 0 Å². The molecule has 0 radical (unpaired) electrons. The third-order valence-corrected chi connectivity index (χ3v) is 4.37. The lowest BCUT2D eigenvalue weighted by Crippen LogP contribution is -2.26. The Morgan fingerprint density at radius 3 is 2.71 bits per heavy atom. The van der Waals surface area contributed by atoms with Gasteiger partial charge in [0, 0.05) is 16.2 Å². The Morgan fingerprint density at radius 2 is 2.04 bits per heavy atom. The highest BCUT2D eigenvalue weighted by molar-refractivity contribution is 6.50. The van der Waals surface area contributed by atoms with E-state index >= 15 is 0 Å². The molecular weight excluding hydrogens is 359 g/mol. The van der Waals surface area contributed by atoms with Crippen LogP contribution >= 0.6 is 23.2 Å². The van der Waals surface area contributed by atoms with Crippen LogP contribution in [0.4, 0.5) is 0 Å². The second-order valence-corrected chi connectivity index (χ2v) is 5.81. The van der Waals surface area contributed by atoms with Crippen LogP contribution in [0.25, 0.3) is 5.03 Å². The lowest BCUT2D eigenvalue weighted by atomic mass is 9.98. The van der Waals surface area contributed by atoms with Crippen LogP contribution in [0.3, 0.4) is 0 Å². The van der Waals surface area contributed by atoms with E-state index in [1.807, 2.05) is 0 Å². The number of benzene rings is 1. The van der Waals surface area contributed by atoms with Crippen LogP contribution in [-0.2, 0) is 23.8 Å². The molecule has 0 aromatic heterocycles. The second kappa shape index (κ2) is 6.37. The molecule has 24 heavy (non-hydrogen) atoms. The summed E-state index contributed by atoms with van der Waals surface area (Å²) in [6.45, 7) is 0.0445. The van der Waals surface area contributed by atoms with Gasteiger partial charge in [-0.25, -0.2) is 9.59 Å². The predicted molar refractivity (Wildman–Crippen MR) is 85.7 cm³/mol. The Morgan fingerprint density at radius 1 is 1.29 bits per heavy atom. The molecule has 126 valence electrons. The van der Waals surface area contributed by atoms with E-state index in [1.165, 1.54) is 14.2 Å². The molecule has 2 heterocycles. The first kappa shape index (κ1) is 16.7. The first-order valence-electron chi connectivity index (χ1n) is 6.86. The number of hydrogen-bond acceptors (Lipinski definition) is 6. The molecular formula is C16H12Cl2O6. The van der Waals surface area contributed by atoms with E-state index in [0.29, 0.717) is 26.9 Å². The normalized spacial score (nSPS) is 19.7. The molecule has 0 amide bonds. The first-order valence-corrected chi connectivity index (χ1v) is 7.62. The lowest BCUT2D eigenvalue weighted by Gasteiger charge is -2.24. The molecule has 1 aromatic carbocycles. The number of cyclic esters (lactones) is 1. The summed E-state index contributed by atoms with van der Waals surface area (Å²) in [5.41, 5.74) is 0.913. The maximum absolute atomic E-state index is 12.1. The number of rotatable bonds is 3. The van der Waals surface area contributed by atoms with E-state index in [9.17, 15) is 9.59 Å². The number of esters is 2. The maximum atomic E-state index is 12.1. The first-order chi connectivity index (χ1) is 11.5. The number of fused-ring (bicyclic) bond motifs is 1. The summed E-state index contributed by atoms with van der Waals surface area (Å²) in [5, 5.41) is 0.775. The van der Waals surface area contributed by atoms with E-state index in [2.05, 4.69) is 0 Å². The lowest BCUT2D eigenvalue weighted by molar-refractivity contribution is -0.141. The molecule has 6 nitrogen and oxygen atoms in total. The van der Waals surface area contributed by atoms with E-state index in [-0.39, 0.29) is 17.9 Å². The van der Waals surface area contributed by atoms with Crippen LogP contribution in [-0.4, -0.2) is 38.9 Å². The van der Waals surface area contributed by atoms with Gasteiger partial charge in [0.15, 0.2) is 6.10 Å². The van der Waals surface area contributed by atoms with E-state index in [1.54, 1.807) is 18.2 Å². The molecule has 0 fully saturated rings. The van der Waals surface area contributed by atoms with Crippen molar-refractivity contribution in [3.8, 4) is 5.75 Å². The van der Waals surface area contributed by atoms with Crippen LogP contribution < -0.4 is 4.74 Å². The molecule has 0 N–H and O–H groups in total. The molecule has 0 aliphatic carbocycles. The van der Waals surface area contributed by atoms with Crippen molar-refractivity contribution in [2.24, 2.45) is 0 Å². The van der Waals surface area contributed by atoms with Crippen molar-refractivity contribution >= 4 is 40.2 Å². The minimum Gasteiger partial charge on any atom is -0.489 e. The zero-order valence-corrected chi connectivity index (χ0v) is 14.2. The fourth-order valence-corrected chi connectivity index (χ4v) is 3.05. The smallest absolute Gasteiger partial charge is 0.375 e. The highest BCUT2D eigenvalue weighted by atomic mass is 35.5. The van der Waals surface area contributed by atoms with E-state index in [0.717, 1.165) is 0 Å². The topological polar surface area (TPSA) is 71.1 Å². The van der Waals surface area contributed by atoms with Crippen LogP contribution in [0.5, 0.6) is 5.75 Å². The van der Waals surface area contributed by atoms with Crippen molar-refractivity contribution in [1.29, 1.82) is 0 Å². The minimum absolute atomic E-state index is 0.0445. The van der Waals surface area contributed by atoms with E-state index < -0.39 is 18.0 Å². The molecule has 3 rings (SSSR count). The number of hydrogen-bond donors (Lipinski definition) is 0. The van der Waals surface area contributed by atoms with Crippen molar-refractivity contribution in [2.75, 3.05) is 20.8 Å². The molecule has 0 saturated carbocycles. The van der Waals surface area contributed by atoms with Crippen LogP contribution in [0.2, 0.25) is 5.02 Å². The van der Waals surface area contributed by atoms with Crippen molar-refractivity contribution in [2.45, 2.75) is 6.10 Å². The fraction of sp³-hybridized carbons (Fsp3) is 0.250. The molecule has 0 saturated heterocycles. The number of ether oxygens (including phenoxy) is 4. The van der Waals surface area contributed by atoms with E-state index in [4.69, 9.17) is 42.1 Å². The van der Waals surface area contributed by atoms with Gasteiger partial charge in [0.1, 0.15) is 17.9 Å². The summed E-state index contributed by atoms with van der Waals surface area (Å²) < 4.78 is 20.6. The zero-order valence-electron chi connectivity index (χ0n) is 12.7. The molecule has 2 aliphatic rings. The number of carbonyl (C=O) groups excluding carboxylic acids is 2.